The van der Waals surface area contributed by atoms with Crippen LogP contribution in [0, 0.1) is 6.92 Å². The topological polar surface area (TPSA) is 42.1 Å². The highest BCUT2D eigenvalue weighted by molar-refractivity contribution is 7.99. The van der Waals surface area contributed by atoms with Crippen LogP contribution >= 0.6 is 11.8 Å². The van der Waals surface area contributed by atoms with Gasteiger partial charge in [-0.05, 0) is 31.6 Å². The summed E-state index contributed by atoms with van der Waals surface area (Å²) in [7, 11) is 0. The number of hydrogen-bond acceptors (Lipinski definition) is 4. The molecule has 3 nitrogen and oxygen atoms in total. The van der Waals surface area contributed by atoms with Gasteiger partial charge in [0.25, 0.3) is 0 Å². The van der Waals surface area contributed by atoms with Crippen molar-refractivity contribution < 1.29 is 0 Å². The van der Waals surface area contributed by atoms with Crippen molar-refractivity contribution in [2.45, 2.75) is 25.8 Å². The number of rotatable bonds is 6. The number of thioether (sulfide) groups is 1. The zero-order valence-electron chi connectivity index (χ0n) is 10.4. The number of nitrogens with two attached hydrogens (primary N) is 1. The third kappa shape index (κ3) is 4.02. The lowest BCUT2D eigenvalue weighted by Gasteiger charge is -2.17. The number of nitrogen functional groups attached to an aromatic ring is 1. The molecule has 0 aromatic carbocycles. The Balaban J connectivity index is 2.40. The maximum Gasteiger partial charge on any atom is 0.0981 e. The molecule has 1 heterocycles. The van der Waals surface area contributed by atoms with E-state index in [1.54, 1.807) is 11.8 Å². The number of aryl methyl sites for hydroxylation is 1. The molecule has 16 heavy (non-hydrogen) atoms. The highest BCUT2D eigenvalue weighted by Crippen LogP contribution is 2.19. The summed E-state index contributed by atoms with van der Waals surface area (Å²) in [4.78, 5) is 6.76. The third-order valence-electron chi connectivity index (χ3n) is 2.67. The van der Waals surface area contributed by atoms with Crippen molar-refractivity contribution in [2.75, 3.05) is 31.1 Å². The Morgan fingerprint density at radius 2 is 2.06 bits per heavy atom. The molecule has 0 amide bonds. The molecule has 0 radical (unpaired) electrons. The van der Waals surface area contributed by atoms with E-state index in [0.717, 1.165) is 41.7 Å². The van der Waals surface area contributed by atoms with Crippen molar-refractivity contribution in [2.24, 2.45) is 0 Å². The predicted octanol–water partition coefficient (Wildman–Crippen LogP) is 2.41. The maximum atomic E-state index is 5.84. The Hall–Kier alpha value is -0.740. The first-order chi connectivity index (χ1) is 7.67. The van der Waals surface area contributed by atoms with Crippen molar-refractivity contribution in [3.8, 4) is 0 Å². The summed E-state index contributed by atoms with van der Waals surface area (Å²) in [6, 6.07) is 1.96. The Morgan fingerprint density at radius 1 is 1.38 bits per heavy atom. The number of hydrogen-bond donors (Lipinski definition) is 1. The van der Waals surface area contributed by atoms with Gasteiger partial charge in [-0.1, -0.05) is 13.8 Å². The van der Waals surface area contributed by atoms with Crippen LogP contribution in [0.1, 0.15) is 19.4 Å². The van der Waals surface area contributed by atoms with Crippen LogP contribution < -0.4 is 5.73 Å². The Kier molecular flexibility index (Phi) is 5.63. The monoisotopic (exact) mass is 239 g/mol. The van der Waals surface area contributed by atoms with Crippen LogP contribution in [-0.4, -0.2) is 35.3 Å². The molecule has 0 aliphatic rings. The summed E-state index contributed by atoms with van der Waals surface area (Å²) in [5, 5.41) is 1.02. The van der Waals surface area contributed by atoms with E-state index < -0.39 is 0 Å². The quantitative estimate of drug-likeness (QED) is 0.774. The summed E-state index contributed by atoms with van der Waals surface area (Å²) in [5.74, 6) is 1.07. The fourth-order valence-corrected chi connectivity index (χ4v) is 2.31. The second-order valence-electron chi connectivity index (χ2n) is 3.75. The zero-order valence-corrected chi connectivity index (χ0v) is 11.2. The lowest BCUT2D eigenvalue weighted by Crippen LogP contribution is -2.25. The van der Waals surface area contributed by atoms with Crippen LogP contribution in [-0.2, 0) is 0 Å². The summed E-state index contributed by atoms with van der Waals surface area (Å²) in [6.45, 7) is 9.69. The summed E-state index contributed by atoms with van der Waals surface area (Å²) in [6.07, 6.45) is 1.84. The molecule has 0 aliphatic carbocycles. The standard InChI is InChI=1S/C12H21N3S/c1-4-15(5-2)6-7-16-12-8-11(13)10(3)9-14-12/h8-9H,4-7H2,1-3H3,(H2,13,14). The van der Waals surface area contributed by atoms with Crippen LogP contribution in [0.15, 0.2) is 17.3 Å². The average molecular weight is 239 g/mol. The number of aromatic nitrogens is 1. The molecule has 1 aromatic heterocycles. The fraction of sp³-hybridized carbons (Fsp3) is 0.583. The van der Waals surface area contributed by atoms with Gasteiger partial charge in [-0.15, -0.1) is 11.8 Å². The van der Waals surface area contributed by atoms with Crippen LogP contribution in [0.2, 0.25) is 0 Å². The van der Waals surface area contributed by atoms with Gasteiger partial charge in [0.15, 0.2) is 0 Å². The Labute approximate surface area is 102 Å². The molecule has 1 aromatic rings. The molecule has 90 valence electrons. The van der Waals surface area contributed by atoms with E-state index in [0.29, 0.717) is 0 Å². The molecule has 0 unspecified atom stereocenters. The second kappa shape index (κ2) is 6.76. The van der Waals surface area contributed by atoms with Crippen LogP contribution in [0.25, 0.3) is 0 Å². The normalized spacial score (nSPS) is 11.0. The van der Waals surface area contributed by atoms with Crippen LogP contribution in [0.3, 0.4) is 0 Å². The van der Waals surface area contributed by atoms with E-state index in [1.807, 2.05) is 19.2 Å². The van der Waals surface area contributed by atoms with E-state index in [-0.39, 0.29) is 0 Å². The van der Waals surface area contributed by atoms with Gasteiger partial charge in [-0.3, -0.25) is 0 Å². The minimum atomic E-state index is 0.834. The predicted molar refractivity (Wildman–Crippen MR) is 71.9 cm³/mol. The van der Waals surface area contributed by atoms with Crippen molar-refractivity contribution in [3.63, 3.8) is 0 Å². The highest BCUT2D eigenvalue weighted by Gasteiger charge is 2.02. The van der Waals surface area contributed by atoms with Gasteiger partial charge in [0.1, 0.15) is 0 Å². The number of pyridine rings is 1. The SMILES string of the molecule is CCN(CC)CCSc1cc(N)c(C)cn1. The second-order valence-corrected chi connectivity index (χ2v) is 4.87. The Bertz CT molecular complexity index is 324. The lowest BCUT2D eigenvalue weighted by molar-refractivity contribution is 0.324. The van der Waals surface area contributed by atoms with Gasteiger partial charge in [-0.2, -0.15) is 0 Å². The number of anilines is 1. The molecule has 0 saturated carbocycles. The molecule has 1 rings (SSSR count). The molecule has 0 saturated heterocycles. The number of nitrogens with zero attached hydrogens (tertiary/aromatic N) is 2. The first kappa shape index (κ1) is 13.3. The van der Waals surface area contributed by atoms with Crippen molar-refractivity contribution in [1.82, 2.24) is 9.88 Å². The summed E-state index contributed by atoms with van der Waals surface area (Å²) >= 11 is 1.77. The van der Waals surface area contributed by atoms with Gasteiger partial charge in [0, 0.05) is 24.2 Å². The summed E-state index contributed by atoms with van der Waals surface area (Å²) < 4.78 is 0. The van der Waals surface area contributed by atoms with E-state index >= 15 is 0 Å². The largest absolute Gasteiger partial charge is 0.398 e. The van der Waals surface area contributed by atoms with Gasteiger partial charge < -0.3 is 10.6 Å². The third-order valence-corrected chi connectivity index (χ3v) is 3.58. The first-order valence-electron chi connectivity index (χ1n) is 5.74. The van der Waals surface area contributed by atoms with Gasteiger partial charge in [-0.25, -0.2) is 4.98 Å². The van der Waals surface area contributed by atoms with E-state index in [9.17, 15) is 0 Å². The van der Waals surface area contributed by atoms with Gasteiger partial charge >= 0.3 is 0 Å². The van der Waals surface area contributed by atoms with E-state index in [4.69, 9.17) is 5.73 Å². The summed E-state index contributed by atoms with van der Waals surface area (Å²) in [5.41, 5.74) is 7.72. The van der Waals surface area contributed by atoms with Crippen molar-refractivity contribution in [3.05, 3.63) is 17.8 Å². The Morgan fingerprint density at radius 3 is 2.62 bits per heavy atom. The van der Waals surface area contributed by atoms with Gasteiger partial charge in [0.2, 0.25) is 0 Å². The van der Waals surface area contributed by atoms with Crippen LogP contribution in [0.4, 0.5) is 5.69 Å². The minimum absolute atomic E-state index is 0.834. The molecule has 0 bridgehead atoms. The van der Waals surface area contributed by atoms with E-state index in [1.165, 1.54) is 0 Å². The van der Waals surface area contributed by atoms with E-state index in [2.05, 4.69) is 23.7 Å². The smallest absolute Gasteiger partial charge is 0.0981 e. The molecule has 2 N–H and O–H groups in total. The lowest BCUT2D eigenvalue weighted by atomic mass is 10.3. The molecule has 0 aliphatic heterocycles. The fourth-order valence-electron chi connectivity index (χ4n) is 1.42. The molecular weight excluding hydrogens is 218 g/mol. The molecular formula is C12H21N3S. The zero-order chi connectivity index (χ0) is 12.0. The molecule has 0 atom stereocenters. The van der Waals surface area contributed by atoms with Crippen molar-refractivity contribution in [1.29, 1.82) is 0 Å². The first-order valence-corrected chi connectivity index (χ1v) is 6.73. The van der Waals surface area contributed by atoms with Crippen molar-refractivity contribution >= 4 is 17.4 Å². The minimum Gasteiger partial charge on any atom is -0.398 e. The highest BCUT2D eigenvalue weighted by atomic mass is 32.2. The van der Waals surface area contributed by atoms with Gasteiger partial charge in [0.05, 0.1) is 5.03 Å². The molecule has 4 heteroatoms. The molecule has 0 spiro atoms. The average Bonchev–Trinajstić information content (AvgIpc) is 2.29. The van der Waals surface area contributed by atoms with Crippen LogP contribution in [0.5, 0.6) is 0 Å². The maximum absolute atomic E-state index is 5.84. The molecule has 0 fully saturated rings.